The van der Waals surface area contributed by atoms with Gasteiger partial charge in [-0.2, -0.15) is 0 Å². The summed E-state index contributed by atoms with van der Waals surface area (Å²) in [5.41, 5.74) is 0.169. The molecule has 0 aromatic heterocycles. The third kappa shape index (κ3) is 2.52. The van der Waals surface area contributed by atoms with E-state index >= 15 is 0 Å². The van der Waals surface area contributed by atoms with Crippen LogP contribution >= 0.6 is 0 Å². The summed E-state index contributed by atoms with van der Waals surface area (Å²) in [6.07, 6.45) is -1.20. The van der Waals surface area contributed by atoms with Crippen LogP contribution in [0.2, 0.25) is 0 Å². The molecule has 0 saturated carbocycles. The van der Waals surface area contributed by atoms with E-state index in [9.17, 15) is 20.0 Å². The Bertz CT molecular complexity index is 453. The van der Waals surface area contributed by atoms with Gasteiger partial charge in [-0.05, 0) is 12.5 Å². The summed E-state index contributed by atoms with van der Waals surface area (Å²) in [4.78, 5) is 20.9. The van der Waals surface area contributed by atoms with Crippen LogP contribution in [-0.2, 0) is 4.79 Å². The zero-order valence-electron chi connectivity index (χ0n) is 8.71. The molecule has 5 heteroatoms. The molecule has 16 heavy (non-hydrogen) atoms. The lowest BCUT2D eigenvalue weighted by Crippen LogP contribution is -2.07. The van der Waals surface area contributed by atoms with Gasteiger partial charge in [0.2, 0.25) is 0 Å². The van der Waals surface area contributed by atoms with Gasteiger partial charge in [-0.25, -0.2) is 0 Å². The molecule has 0 radical (unpaired) electrons. The summed E-state index contributed by atoms with van der Waals surface area (Å²) >= 11 is 0. The van der Waals surface area contributed by atoms with Crippen LogP contribution in [0.15, 0.2) is 36.4 Å². The molecule has 1 aromatic rings. The smallest absolute Gasteiger partial charge is 0.269 e. The fraction of sp³-hybridized carbons (Fsp3) is 0.182. The Balaban J connectivity index is 3.05. The predicted octanol–water partition coefficient (Wildman–Crippen LogP) is 1.77. The van der Waals surface area contributed by atoms with Crippen molar-refractivity contribution in [1.29, 1.82) is 0 Å². The molecule has 0 aliphatic carbocycles. The molecule has 84 valence electrons. The van der Waals surface area contributed by atoms with E-state index in [2.05, 4.69) is 6.58 Å². The Kier molecular flexibility index (Phi) is 3.52. The molecular formula is C11H11NO4. The van der Waals surface area contributed by atoms with Gasteiger partial charge in [0.05, 0.1) is 4.92 Å². The molecule has 0 spiro atoms. The molecule has 1 rings (SSSR count). The molecule has 0 aliphatic heterocycles. The zero-order valence-corrected chi connectivity index (χ0v) is 8.71. The van der Waals surface area contributed by atoms with Crippen LogP contribution in [0.4, 0.5) is 5.69 Å². The number of ketones is 1. The van der Waals surface area contributed by atoms with Gasteiger partial charge in [-0.1, -0.05) is 18.7 Å². The predicted molar refractivity (Wildman–Crippen MR) is 57.9 cm³/mol. The van der Waals surface area contributed by atoms with Crippen molar-refractivity contribution in [1.82, 2.24) is 0 Å². The quantitative estimate of drug-likeness (QED) is 0.477. The third-order valence-corrected chi connectivity index (χ3v) is 2.18. The number of nitro benzene ring substituents is 1. The van der Waals surface area contributed by atoms with Gasteiger partial charge in [0, 0.05) is 17.7 Å². The second-order valence-electron chi connectivity index (χ2n) is 3.34. The average Bonchev–Trinajstić information content (AvgIpc) is 2.27. The highest BCUT2D eigenvalue weighted by atomic mass is 16.6. The number of hydrogen-bond donors (Lipinski definition) is 1. The summed E-state index contributed by atoms with van der Waals surface area (Å²) in [5.74, 6) is -0.348. The van der Waals surface area contributed by atoms with Crippen molar-refractivity contribution < 1.29 is 14.8 Å². The summed E-state index contributed by atoms with van der Waals surface area (Å²) in [5, 5.41) is 20.2. The van der Waals surface area contributed by atoms with Crippen molar-refractivity contribution in [3.05, 3.63) is 52.1 Å². The van der Waals surface area contributed by atoms with E-state index in [0.717, 1.165) is 0 Å². The van der Waals surface area contributed by atoms with Crippen molar-refractivity contribution in [3.63, 3.8) is 0 Å². The standard InChI is InChI=1S/C11H11NO4/c1-7(8(2)13)11(14)9-4-3-5-10(6-9)12(15)16/h3-6,11,14H,1H2,2H3. The molecule has 0 aliphatic rings. The van der Waals surface area contributed by atoms with E-state index in [1.807, 2.05) is 0 Å². The average molecular weight is 221 g/mol. The molecule has 0 heterocycles. The molecule has 1 aromatic carbocycles. The SMILES string of the molecule is C=C(C(C)=O)C(O)c1cccc([N+](=O)[O-])c1. The van der Waals surface area contributed by atoms with E-state index in [0.29, 0.717) is 0 Å². The highest BCUT2D eigenvalue weighted by molar-refractivity contribution is 5.93. The highest BCUT2D eigenvalue weighted by Gasteiger charge is 2.17. The van der Waals surface area contributed by atoms with Gasteiger partial charge < -0.3 is 5.11 Å². The number of nitrogens with zero attached hydrogens (tertiary/aromatic N) is 1. The summed E-state index contributed by atoms with van der Waals surface area (Å²) in [6, 6.07) is 5.49. The van der Waals surface area contributed by atoms with Gasteiger partial charge in [0.25, 0.3) is 5.69 Å². The van der Waals surface area contributed by atoms with Crippen LogP contribution < -0.4 is 0 Å². The lowest BCUT2D eigenvalue weighted by molar-refractivity contribution is -0.385. The molecule has 5 nitrogen and oxygen atoms in total. The van der Waals surface area contributed by atoms with E-state index in [-0.39, 0.29) is 22.6 Å². The minimum atomic E-state index is -1.20. The van der Waals surface area contributed by atoms with Crippen molar-refractivity contribution in [2.24, 2.45) is 0 Å². The normalized spacial score (nSPS) is 11.9. The summed E-state index contributed by atoms with van der Waals surface area (Å²) in [7, 11) is 0. The second kappa shape index (κ2) is 4.67. The van der Waals surface area contributed by atoms with E-state index in [1.165, 1.54) is 31.2 Å². The number of benzene rings is 1. The summed E-state index contributed by atoms with van der Waals surface area (Å²) < 4.78 is 0. The Morgan fingerprint density at radius 2 is 2.19 bits per heavy atom. The molecule has 1 N–H and O–H groups in total. The molecule has 0 fully saturated rings. The van der Waals surface area contributed by atoms with Crippen LogP contribution in [-0.4, -0.2) is 15.8 Å². The van der Waals surface area contributed by atoms with E-state index in [4.69, 9.17) is 0 Å². The first-order valence-corrected chi connectivity index (χ1v) is 4.55. The first kappa shape index (κ1) is 12.1. The van der Waals surface area contributed by atoms with Gasteiger partial charge in [-0.3, -0.25) is 14.9 Å². The van der Waals surface area contributed by atoms with Gasteiger partial charge >= 0.3 is 0 Å². The van der Waals surface area contributed by atoms with Gasteiger partial charge in [0.15, 0.2) is 5.78 Å². The number of aliphatic hydroxyl groups is 1. The Labute approximate surface area is 92.2 Å². The summed E-state index contributed by atoms with van der Waals surface area (Å²) in [6.45, 7) is 4.72. The van der Waals surface area contributed by atoms with Crippen molar-refractivity contribution in [2.75, 3.05) is 0 Å². The molecule has 1 unspecified atom stereocenters. The van der Waals surface area contributed by atoms with Crippen molar-refractivity contribution in [3.8, 4) is 0 Å². The fourth-order valence-electron chi connectivity index (χ4n) is 1.20. The van der Waals surface area contributed by atoms with Crippen molar-refractivity contribution in [2.45, 2.75) is 13.0 Å². The maximum absolute atomic E-state index is 11.0. The van der Waals surface area contributed by atoms with Crippen LogP contribution in [0.5, 0.6) is 0 Å². The number of non-ortho nitro benzene ring substituents is 1. The van der Waals surface area contributed by atoms with Crippen LogP contribution in [0.1, 0.15) is 18.6 Å². The Hall–Kier alpha value is -2.01. The largest absolute Gasteiger partial charge is 0.384 e. The van der Waals surface area contributed by atoms with Gasteiger partial charge in [0.1, 0.15) is 6.10 Å². The van der Waals surface area contributed by atoms with Crippen LogP contribution in [0.25, 0.3) is 0 Å². The first-order valence-electron chi connectivity index (χ1n) is 4.55. The number of hydrogen-bond acceptors (Lipinski definition) is 4. The highest BCUT2D eigenvalue weighted by Crippen LogP contribution is 2.24. The zero-order chi connectivity index (χ0) is 12.3. The number of Topliss-reactive ketones (excluding diaryl/α,β-unsaturated/α-hetero) is 1. The minimum absolute atomic E-state index is 0.0143. The molecule has 0 amide bonds. The first-order chi connectivity index (χ1) is 7.43. The number of carbonyl (C=O) groups is 1. The number of nitro groups is 1. The van der Waals surface area contributed by atoms with Gasteiger partial charge in [-0.15, -0.1) is 0 Å². The Morgan fingerprint density at radius 3 is 2.69 bits per heavy atom. The maximum atomic E-state index is 11.0. The molecule has 1 atom stereocenters. The fourth-order valence-corrected chi connectivity index (χ4v) is 1.20. The van der Waals surface area contributed by atoms with E-state index in [1.54, 1.807) is 0 Å². The lowest BCUT2D eigenvalue weighted by atomic mass is 10.00. The number of carbonyl (C=O) groups excluding carboxylic acids is 1. The number of aliphatic hydroxyl groups excluding tert-OH is 1. The van der Waals surface area contributed by atoms with E-state index < -0.39 is 11.0 Å². The topological polar surface area (TPSA) is 80.4 Å². The second-order valence-corrected chi connectivity index (χ2v) is 3.34. The maximum Gasteiger partial charge on any atom is 0.269 e. The molecule has 0 saturated heterocycles. The third-order valence-electron chi connectivity index (χ3n) is 2.18. The lowest BCUT2D eigenvalue weighted by Gasteiger charge is -2.11. The van der Waals surface area contributed by atoms with Crippen molar-refractivity contribution >= 4 is 11.5 Å². The van der Waals surface area contributed by atoms with Crippen LogP contribution in [0.3, 0.4) is 0 Å². The van der Waals surface area contributed by atoms with Crippen LogP contribution in [0, 0.1) is 10.1 Å². The Morgan fingerprint density at radius 1 is 1.56 bits per heavy atom. The monoisotopic (exact) mass is 221 g/mol. The minimum Gasteiger partial charge on any atom is -0.384 e. The molecular weight excluding hydrogens is 210 g/mol. The number of rotatable bonds is 4. The molecule has 0 bridgehead atoms.